The van der Waals surface area contributed by atoms with Gasteiger partial charge in [-0.05, 0) is 139 Å². The number of nitrogens with zero attached hydrogens (tertiary/aromatic N) is 4. The van der Waals surface area contributed by atoms with Crippen molar-refractivity contribution in [3.63, 3.8) is 0 Å². The molecule has 50 heavy (non-hydrogen) atoms. The minimum Gasteiger partial charge on any atom is -0.339 e. The fourth-order valence-electron chi connectivity index (χ4n) is 9.41. The summed E-state index contributed by atoms with van der Waals surface area (Å²) in [5, 5.41) is 0. The number of fused-ring (bicyclic) bond motifs is 3. The summed E-state index contributed by atoms with van der Waals surface area (Å²) in [5.74, 6) is 0.710. The van der Waals surface area contributed by atoms with Crippen LogP contribution in [0.2, 0.25) is 0 Å². The lowest BCUT2D eigenvalue weighted by Crippen LogP contribution is -2.49. The van der Waals surface area contributed by atoms with Gasteiger partial charge in [-0.3, -0.25) is 9.69 Å². The molecular weight excluding hydrogens is 650 g/mol. The molecule has 0 spiro atoms. The van der Waals surface area contributed by atoms with Crippen LogP contribution in [-0.2, 0) is 15.4 Å². The van der Waals surface area contributed by atoms with Crippen LogP contribution in [0.3, 0.4) is 0 Å². The van der Waals surface area contributed by atoms with E-state index in [1.807, 2.05) is 11.8 Å². The molecule has 3 atom stereocenters. The zero-order chi connectivity index (χ0) is 35.4. The van der Waals surface area contributed by atoms with Crippen molar-refractivity contribution in [1.82, 2.24) is 24.1 Å². The molecule has 0 unspecified atom stereocenters. The average Bonchev–Trinajstić information content (AvgIpc) is 3.53. The van der Waals surface area contributed by atoms with Gasteiger partial charge < -0.3 is 9.47 Å². The quantitative estimate of drug-likeness (QED) is 0.200. The third-order valence-electron chi connectivity index (χ3n) is 11.8. The Kier molecular flexibility index (Phi) is 9.41. The van der Waals surface area contributed by atoms with Gasteiger partial charge in [0.2, 0.25) is 10.0 Å². The highest BCUT2D eigenvalue weighted by atomic mass is 32.2. The summed E-state index contributed by atoms with van der Waals surface area (Å²) in [6.07, 6.45) is 6.94. The van der Waals surface area contributed by atoms with Gasteiger partial charge in [-0.2, -0.15) is 0 Å². The van der Waals surface area contributed by atoms with Gasteiger partial charge in [0.05, 0.1) is 15.9 Å². The predicted octanol–water partition coefficient (Wildman–Crippen LogP) is 7.22. The number of para-hydroxylation sites is 2. The second-order valence-corrected chi connectivity index (χ2v) is 16.9. The standard InChI is InChI=1S/C40H50FN5O3S/c1-26(2)43-50(48,49)37-16-13-27(3)38(28(37)4)39(47)44-20-17-40(18-21-44,30-9-8-10-31(41)23-30)19-22-45-32-14-15-33(45)25-34(24-32)46-29(5)42-35-11-6-7-12-36(35)46/h6-13,16,23,26,32-34,43H,14-15,17-22,24-25H2,1-5H3/t32-,33+,34+. The van der Waals surface area contributed by atoms with Gasteiger partial charge in [-0.15, -0.1) is 0 Å². The summed E-state index contributed by atoms with van der Waals surface area (Å²) in [4.78, 5) is 23.7. The highest BCUT2D eigenvalue weighted by Gasteiger charge is 2.44. The number of benzene rings is 3. The molecule has 4 aromatic rings. The van der Waals surface area contributed by atoms with Crippen LogP contribution in [0.1, 0.15) is 97.7 Å². The maximum Gasteiger partial charge on any atom is 0.254 e. The molecule has 1 aromatic heterocycles. The third kappa shape index (κ3) is 6.39. The molecule has 0 radical (unpaired) electrons. The monoisotopic (exact) mass is 699 g/mol. The Bertz CT molecular complexity index is 2000. The highest BCUT2D eigenvalue weighted by Crippen LogP contribution is 2.45. The first-order chi connectivity index (χ1) is 23.9. The maximum absolute atomic E-state index is 14.7. The Hall–Kier alpha value is -3.60. The number of sulfonamides is 1. The number of imidazole rings is 1. The van der Waals surface area contributed by atoms with Crippen molar-refractivity contribution in [2.24, 2.45) is 0 Å². The van der Waals surface area contributed by atoms with Crippen molar-refractivity contribution in [2.75, 3.05) is 19.6 Å². The van der Waals surface area contributed by atoms with Crippen molar-refractivity contribution >= 4 is 27.0 Å². The van der Waals surface area contributed by atoms with Crippen LogP contribution in [0.5, 0.6) is 0 Å². The van der Waals surface area contributed by atoms with E-state index in [0.717, 1.165) is 61.1 Å². The average molecular weight is 700 g/mol. The number of likely N-dealkylation sites (tertiary alicyclic amines) is 1. The Labute approximate surface area is 296 Å². The number of carbonyl (C=O) groups excluding carboxylic acids is 1. The molecule has 2 bridgehead atoms. The van der Waals surface area contributed by atoms with Crippen LogP contribution >= 0.6 is 0 Å². The predicted molar refractivity (Wildman–Crippen MR) is 195 cm³/mol. The van der Waals surface area contributed by atoms with Crippen molar-refractivity contribution in [3.05, 3.63) is 94.6 Å². The number of carbonyl (C=O) groups is 1. The van der Waals surface area contributed by atoms with E-state index in [-0.39, 0.29) is 28.1 Å². The smallest absolute Gasteiger partial charge is 0.254 e. The third-order valence-corrected chi connectivity index (χ3v) is 13.6. The number of hydrogen-bond acceptors (Lipinski definition) is 5. The molecule has 1 amide bonds. The molecule has 0 aliphatic carbocycles. The van der Waals surface area contributed by atoms with Gasteiger partial charge in [0.25, 0.3) is 5.91 Å². The molecule has 7 rings (SSSR count). The minimum absolute atomic E-state index is 0.140. The lowest BCUT2D eigenvalue weighted by molar-refractivity contribution is 0.0605. The summed E-state index contributed by atoms with van der Waals surface area (Å²) in [6.45, 7) is 11.3. The van der Waals surface area contributed by atoms with E-state index in [4.69, 9.17) is 4.98 Å². The van der Waals surface area contributed by atoms with E-state index in [9.17, 15) is 17.6 Å². The second kappa shape index (κ2) is 13.5. The van der Waals surface area contributed by atoms with Crippen LogP contribution in [0.15, 0.2) is 65.6 Å². The number of aromatic nitrogens is 2. The van der Waals surface area contributed by atoms with Gasteiger partial charge in [0.1, 0.15) is 11.6 Å². The van der Waals surface area contributed by atoms with E-state index in [2.05, 4.69) is 51.4 Å². The normalized spacial score (nSPS) is 22.5. The fraction of sp³-hybridized carbons (Fsp3) is 0.500. The molecule has 0 saturated carbocycles. The number of aryl methyl sites for hydroxylation is 2. The largest absolute Gasteiger partial charge is 0.339 e. The van der Waals surface area contributed by atoms with Crippen LogP contribution < -0.4 is 4.72 Å². The molecule has 3 fully saturated rings. The van der Waals surface area contributed by atoms with E-state index in [0.29, 0.717) is 42.3 Å². The summed E-state index contributed by atoms with van der Waals surface area (Å²) in [5.41, 5.74) is 4.72. The first-order valence-electron chi connectivity index (χ1n) is 18.2. The molecule has 3 aromatic carbocycles. The molecule has 266 valence electrons. The van der Waals surface area contributed by atoms with Gasteiger partial charge in [0, 0.05) is 42.8 Å². The van der Waals surface area contributed by atoms with Gasteiger partial charge in [-0.25, -0.2) is 22.5 Å². The van der Waals surface area contributed by atoms with E-state index in [1.165, 1.54) is 24.4 Å². The number of nitrogens with one attached hydrogen (secondary N) is 1. The van der Waals surface area contributed by atoms with E-state index in [1.54, 1.807) is 45.0 Å². The summed E-state index contributed by atoms with van der Waals surface area (Å²) < 4.78 is 46.1. The molecule has 3 aliphatic heterocycles. The van der Waals surface area contributed by atoms with Crippen molar-refractivity contribution < 1.29 is 17.6 Å². The summed E-state index contributed by atoms with van der Waals surface area (Å²) in [6, 6.07) is 20.0. The first-order valence-corrected chi connectivity index (χ1v) is 19.7. The Morgan fingerprint density at radius 1 is 0.960 bits per heavy atom. The molecule has 4 heterocycles. The highest BCUT2D eigenvalue weighted by molar-refractivity contribution is 7.89. The van der Waals surface area contributed by atoms with Crippen LogP contribution in [0.25, 0.3) is 11.0 Å². The van der Waals surface area contributed by atoms with Crippen molar-refractivity contribution in [2.45, 2.75) is 114 Å². The topological polar surface area (TPSA) is 87.5 Å². The number of halogens is 1. The Morgan fingerprint density at radius 2 is 1.66 bits per heavy atom. The summed E-state index contributed by atoms with van der Waals surface area (Å²) in [7, 11) is -3.77. The Balaban J connectivity index is 1.09. The van der Waals surface area contributed by atoms with Crippen LogP contribution in [0, 0.1) is 26.6 Å². The lowest BCUT2D eigenvalue weighted by atomic mass is 9.70. The van der Waals surface area contributed by atoms with Gasteiger partial charge in [0.15, 0.2) is 0 Å². The number of rotatable bonds is 9. The van der Waals surface area contributed by atoms with E-state index >= 15 is 0 Å². The molecule has 8 nitrogen and oxygen atoms in total. The van der Waals surface area contributed by atoms with Gasteiger partial charge >= 0.3 is 0 Å². The summed E-state index contributed by atoms with van der Waals surface area (Å²) >= 11 is 0. The molecule has 10 heteroatoms. The maximum atomic E-state index is 14.7. The molecule has 3 saturated heterocycles. The fourth-order valence-corrected chi connectivity index (χ4v) is 10.9. The molecular formula is C40H50FN5O3S. The zero-order valence-electron chi connectivity index (χ0n) is 30.0. The number of amides is 1. The lowest BCUT2D eigenvalue weighted by Gasteiger charge is -2.46. The van der Waals surface area contributed by atoms with Gasteiger partial charge in [-0.1, -0.05) is 30.3 Å². The molecule has 3 aliphatic rings. The Morgan fingerprint density at radius 3 is 2.34 bits per heavy atom. The number of piperidine rings is 2. The number of hydrogen-bond donors (Lipinski definition) is 1. The second-order valence-electron chi connectivity index (χ2n) is 15.3. The minimum atomic E-state index is -3.77. The van der Waals surface area contributed by atoms with Crippen molar-refractivity contribution in [1.29, 1.82) is 0 Å². The van der Waals surface area contributed by atoms with Crippen molar-refractivity contribution in [3.8, 4) is 0 Å². The zero-order valence-corrected chi connectivity index (χ0v) is 30.8. The van der Waals surface area contributed by atoms with E-state index < -0.39 is 10.0 Å². The first kappa shape index (κ1) is 34.8. The van der Waals surface area contributed by atoms with Crippen LogP contribution in [-0.4, -0.2) is 71.4 Å². The molecule has 1 N–H and O–H groups in total. The van der Waals surface area contributed by atoms with Crippen LogP contribution in [0.4, 0.5) is 4.39 Å². The SMILES string of the molecule is Cc1ccc(S(=O)(=O)NC(C)C)c(C)c1C(=O)N1CCC(CCN2[C@@H]3CC[C@H]2C[C@@H](n2c(C)nc4ccccc42)C3)(c2cccc(F)c2)CC1.